The molecule has 2 aliphatic rings. The lowest BCUT2D eigenvalue weighted by Gasteiger charge is -2.32. The Morgan fingerprint density at radius 3 is 2.18 bits per heavy atom. The molecule has 0 N–H and O–H groups in total. The molecule has 0 amide bonds. The SMILES string of the molecule is CC1(C)OB(C2=CCC(=C=O)CC2)OC1(C)C. The highest BCUT2D eigenvalue weighted by Gasteiger charge is 2.52. The van der Waals surface area contributed by atoms with Crippen LogP contribution in [0.15, 0.2) is 17.1 Å². The normalized spacial score (nSPS) is 26.7. The van der Waals surface area contributed by atoms with E-state index in [-0.39, 0.29) is 18.3 Å². The first-order chi connectivity index (χ1) is 7.86. The molecule has 0 radical (unpaired) electrons. The molecule has 0 aromatic carbocycles. The molecule has 1 aliphatic carbocycles. The molecule has 0 atom stereocenters. The lowest BCUT2D eigenvalue weighted by molar-refractivity contribution is 0.00578. The first-order valence-electron chi connectivity index (χ1n) is 6.13. The van der Waals surface area contributed by atoms with Crippen molar-refractivity contribution in [2.45, 2.75) is 58.2 Å². The van der Waals surface area contributed by atoms with Crippen molar-refractivity contribution in [2.75, 3.05) is 0 Å². The highest BCUT2D eigenvalue weighted by molar-refractivity contribution is 6.54. The molecule has 0 spiro atoms. The van der Waals surface area contributed by atoms with Crippen molar-refractivity contribution >= 4 is 13.1 Å². The van der Waals surface area contributed by atoms with Crippen molar-refractivity contribution in [3.63, 3.8) is 0 Å². The molecule has 17 heavy (non-hydrogen) atoms. The largest absolute Gasteiger partial charge is 0.490 e. The van der Waals surface area contributed by atoms with Gasteiger partial charge in [-0.2, -0.15) is 0 Å². The molecular formula is C13H19BO3. The maximum atomic E-state index is 10.5. The van der Waals surface area contributed by atoms with Crippen LogP contribution in [0.1, 0.15) is 47.0 Å². The molecule has 1 fully saturated rings. The average Bonchev–Trinajstić information content (AvgIpc) is 2.48. The number of allylic oxidation sites excluding steroid dienone is 3. The van der Waals surface area contributed by atoms with E-state index in [1.165, 1.54) is 0 Å². The maximum absolute atomic E-state index is 10.5. The molecule has 0 bridgehead atoms. The van der Waals surface area contributed by atoms with Crippen molar-refractivity contribution in [2.24, 2.45) is 0 Å². The number of rotatable bonds is 1. The summed E-state index contributed by atoms with van der Waals surface area (Å²) in [5.41, 5.74) is 1.41. The zero-order valence-electron chi connectivity index (χ0n) is 11.0. The summed E-state index contributed by atoms with van der Waals surface area (Å²) in [4.78, 5) is 10.5. The fourth-order valence-electron chi connectivity index (χ4n) is 2.05. The summed E-state index contributed by atoms with van der Waals surface area (Å²) >= 11 is 0. The first kappa shape index (κ1) is 12.6. The van der Waals surface area contributed by atoms with Crippen molar-refractivity contribution in [3.05, 3.63) is 17.1 Å². The molecule has 3 nitrogen and oxygen atoms in total. The Balaban J connectivity index is 2.12. The molecule has 1 heterocycles. The van der Waals surface area contributed by atoms with Gasteiger partial charge in [0.1, 0.15) is 5.94 Å². The van der Waals surface area contributed by atoms with Crippen molar-refractivity contribution in [1.82, 2.24) is 0 Å². The third-order valence-corrected chi connectivity index (χ3v) is 4.03. The minimum absolute atomic E-state index is 0.256. The van der Waals surface area contributed by atoms with Gasteiger partial charge in [-0.05, 0) is 52.4 Å². The summed E-state index contributed by atoms with van der Waals surface area (Å²) in [6.07, 6.45) is 4.34. The van der Waals surface area contributed by atoms with Gasteiger partial charge in [0.25, 0.3) is 0 Å². The van der Waals surface area contributed by atoms with Crippen LogP contribution in [0.4, 0.5) is 0 Å². The second-order valence-electron chi connectivity index (χ2n) is 5.78. The Labute approximate surface area is 103 Å². The van der Waals surface area contributed by atoms with Crippen LogP contribution < -0.4 is 0 Å². The van der Waals surface area contributed by atoms with Crippen LogP contribution in [0.2, 0.25) is 0 Å². The number of carbonyl (C=O) groups excluding carboxylic acids is 1. The molecule has 0 saturated carbocycles. The molecule has 1 saturated heterocycles. The van der Waals surface area contributed by atoms with Gasteiger partial charge in [-0.15, -0.1) is 0 Å². The predicted molar refractivity (Wildman–Crippen MR) is 67.2 cm³/mol. The Kier molecular flexibility index (Phi) is 3.07. The quantitative estimate of drug-likeness (QED) is 0.516. The second-order valence-corrected chi connectivity index (χ2v) is 5.78. The highest BCUT2D eigenvalue weighted by atomic mass is 16.7. The predicted octanol–water partition coefficient (Wildman–Crippen LogP) is 2.49. The van der Waals surface area contributed by atoms with Crippen LogP contribution in [0.25, 0.3) is 0 Å². The Morgan fingerprint density at radius 1 is 1.18 bits per heavy atom. The summed E-state index contributed by atoms with van der Waals surface area (Å²) in [7, 11) is -0.256. The third kappa shape index (κ3) is 2.26. The maximum Gasteiger partial charge on any atom is 0.490 e. The van der Waals surface area contributed by atoms with Gasteiger partial charge < -0.3 is 9.31 Å². The van der Waals surface area contributed by atoms with Crippen LogP contribution in [0, 0.1) is 0 Å². The van der Waals surface area contributed by atoms with Crippen LogP contribution in [0.3, 0.4) is 0 Å². The lowest BCUT2D eigenvalue weighted by atomic mass is 9.72. The van der Waals surface area contributed by atoms with E-state index in [0.29, 0.717) is 6.42 Å². The second kappa shape index (κ2) is 4.13. The van der Waals surface area contributed by atoms with Crippen molar-refractivity contribution in [1.29, 1.82) is 0 Å². The van der Waals surface area contributed by atoms with E-state index in [0.717, 1.165) is 23.9 Å². The topological polar surface area (TPSA) is 35.5 Å². The minimum Gasteiger partial charge on any atom is -0.400 e. The molecule has 0 aromatic rings. The summed E-state index contributed by atoms with van der Waals surface area (Å²) in [5, 5.41) is 0. The van der Waals surface area contributed by atoms with E-state index in [2.05, 4.69) is 0 Å². The Bertz CT molecular complexity index is 387. The lowest BCUT2D eigenvalue weighted by Crippen LogP contribution is -2.41. The van der Waals surface area contributed by atoms with Gasteiger partial charge in [0.15, 0.2) is 0 Å². The van der Waals surface area contributed by atoms with Gasteiger partial charge in [0.2, 0.25) is 0 Å². The smallest absolute Gasteiger partial charge is 0.400 e. The molecule has 2 rings (SSSR count). The molecule has 0 aromatic heterocycles. The molecule has 92 valence electrons. The van der Waals surface area contributed by atoms with Crippen LogP contribution >= 0.6 is 0 Å². The monoisotopic (exact) mass is 234 g/mol. The molecular weight excluding hydrogens is 215 g/mol. The third-order valence-electron chi connectivity index (χ3n) is 4.03. The van der Waals surface area contributed by atoms with E-state index < -0.39 is 0 Å². The minimum atomic E-state index is -0.292. The van der Waals surface area contributed by atoms with Gasteiger partial charge in [0, 0.05) is 5.57 Å². The zero-order chi connectivity index (χ0) is 12.7. The zero-order valence-corrected chi connectivity index (χ0v) is 11.0. The van der Waals surface area contributed by atoms with Crippen molar-refractivity contribution in [3.8, 4) is 0 Å². The summed E-state index contributed by atoms with van der Waals surface area (Å²) in [6, 6.07) is 0. The van der Waals surface area contributed by atoms with Gasteiger partial charge in [-0.25, -0.2) is 4.79 Å². The van der Waals surface area contributed by atoms with E-state index >= 15 is 0 Å². The fourth-order valence-corrected chi connectivity index (χ4v) is 2.05. The first-order valence-corrected chi connectivity index (χ1v) is 6.13. The van der Waals surface area contributed by atoms with Gasteiger partial charge in [-0.1, -0.05) is 6.08 Å². The average molecular weight is 234 g/mol. The Hall–Kier alpha value is -0.825. The fraction of sp³-hybridized carbons (Fsp3) is 0.692. The van der Waals surface area contributed by atoms with E-state index in [9.17, 15) is 4.79 Å². The van der Waals surface area contributed by atoms with Crippen LogP contribution in [-0.2, 0) is 14.1 Å². The number of hydrogen-bond acceptors (Lipinski definition) is 3. The van der Waals surface area contributed by atoms with Gasteiger partial charge >= 0.3 is 7.12 Å². The molecule has 0 unspecified atom stereocenters. The summed E-state index contributed by atoms with van der Waals surface area (Å²) < 4.78 is 11.9. The Morgan fingerprint density at radius 2 is 1.76 bits per heavy atom. The highest BCUT2D eigenvalue weighted by Crippen LogP contribution is 2.40. The standard InChI is InChI=1S/C13H19BO3/c1-12(2)13(3,4)17-14(16-12)11-7-5-10(9-15)6-8-11/h7H,5-6,8H2,1-4H3. The van der Waals surface area contributed by atoms with E-state index in [4.69, 9.17) is 9.31 Å². The van der Waals surface area contributed by atoms with Gasteiger partial charge in [0.05, 0.1) is 11.2 Å². The van der Waals surface area contributed by atoms with Gasteiger partial charge in [-0.3, -0.25) is 0 Å². The van der Waals surface area contributed by atoms with E-state index in [1.54, 1.807) is 0 Å². The summed E-state index contributed by atoms with van der Waals surface area (Å²) in [5.74, 6) is 1.99. The number of hydrogen-bond donors (Lipinski definition) is 0. The van der Waals surface area contributed by atoms with E-state index in [1.807, 2.05) is 39.7 Å². The molecule has 1 aliphatic heterocycles. The molecule has 4 heteroatoms. The van der Waals surface area contributed by atoms with Crippen LogP contribution in [0.5, 0.6) is 0 Å². The van der Waals surface area contributed by atoms with Crippen molar-refractivity contribution < 1.29 is 14.1 Å². The summed E-state index contributed by atoms with van der Waals surface area (Å²) in [6.45, 7) is 8.19. The van der Waals surface area contributed by atoms with Crippen LogP contribution in [-0.4, -0.2) is 24.3 Å².